The Kier molecular flexibility index (Phi) is 9.63. The summed E-state index contributed by atoms with van der Waals surface area (Å²) in [6, 6.07) is 104. The van der Waals surface area contributed by atoms with Crippen LogP contribution in [0, 0.1) is 0 Å². The van der Waals surface area contributed by atoms with E-state index in [1.807, 2.05) is 0 Å². The van der Waals surface area contributed by atoms with E-state index in [1.54, 1.807) is 0 Å². The minimum atomic E-state index is -0.467. The molecule has 0 spiro atoms. The number of para-hydroxylation sites is 1. The lowest BCUT2D eigenvalue weighted by Gasteiger charge is -2.34. The normalized spacial score (nSPS) is 14.9. The Hall–Kier alpha value is -9.04. The molecule has 1 heteroatoms. The molecule has 0 aromatic heterocycles. The summed E-state index contributed by atoms with van der Waals surface area (Å²) in [7, 11) is 0. The lowest BCUT2D eigenvalue weighted by atomic mass is 9.67. The summed E-state index contributed by atoms with van der Waals surface area (Å²) in [5, 5.41) is 4.97. The van der Waals surface area contributed by atoms with Crippen LogP contribution in [0.25, 0.3) is 66.1 Å². The largest absolute Gasteiger partial charge is 0.310 e. The molecule has 0 fully saturated rings. The molecule has 14 rings (SSSR count). The predicted molar refractivity (Wildman–Crippen MR) is 302 cm³/mol. The molecule has 1 nitrogen and oxygen atoms in total. The maximum Gasteiger partial charge on any atom is 0.0713 e. The first-order chi connectivity index (χ1) is 35.6. The molecule has 0 aliphatic heterocycles. The van der Waals surface area contributed by atoms with Gasteiger partial charge in [-0.25, -0.2) is 0 Å². The Labute approximate surface area is 421 Å². The summed E-state index contributed by atoms with van der Waals surface area (Å²) < 4.78 is 0. The van der Waals surface area contributed by atoms with Crippen LogP contribution >= 0.6 is 0 Å². The van der Waals surface area contributed by atoms with Crippen LogP contribution in [0.4, 0.5) is 17.1 Å². The number of nitrogens with zero attached hydrogens (tertiary/aromatic N) is 1. The molecule has 0 amide bonds. The van der Waals surface area contributed by atoms with E-state index in [0.29, 0.717) is 0 Å². The summed E-state index contributed by atoms with van der Waals surface area (Å²) in [5.74, 6) is 0. The van der Waals surface area contributed by atoms with Crippen LogP contribution in [0.3, 0.4) is 0 Å². The number of anilines is 3. The van der Waals surface area contributed by atoms with Gasteiger partial charge < -0.3 is 4.90 Å². The number of benzene rings is 12. The molecule has 0 radical (unpaired) electrons. The summed E-state index contributed by atoms with van der Waals surface area (Å²) in [5.41, 5.74) is 21.6. The first kappa shape index (κ1) is 41.9. The van der Waals surface area contributed by atoms with Gasteiger partial charge in [0.15, 0.2) is 0 Å². The molecule has 2 aliphatic carbocycles. The number of fused-ring (bicyclic) bond motifs is 9. The fourth-order valence-corrected chi connectivity index (χ4v) is 12.6. The molecule has 1 unspecified atom stereocenters. The first-order valence-electron chi connectivity index (χ1n) is 25.2. The third-order valence-electron chi connectivity index (χ3n) is 16.0. The zero-order valence-electron chi connectivity index (χ0n) is 40.0. The zero-order chi connectivity index (χ0) is 47.8. The van der Waals surface area contributed by atoms with Crippen molar-refractivity contribution in [2.75, 3.05) is 4.90 Å². The van der Waals surface area contributed by atoms with E-state index in [9.17, 15) is 0 Å². The lowest BCUT2D eigenvalue weighted by molar-refractivity contribution is 0.714. The highest BCUT2D eigenvalue weighted by atomic mass is 15.1. The standard InChI is InChI=1S/C71H49N/c1-70(53-20-5-2-6-21-53)65-30-16-13-28-61(65)63-43-38-52(47-67(63)70)60-27-15-18-32-69(60)72(57-41-44-59-51(45-57)34-33-49-19-11-12-26-58(49)59)56-39-35-48(36-40-56)50-37-42-64-62-29-14-17-31-66(62)71(68(64)46-50,54-22-7-3-8-23-54)55-24-9-4-10-25-55/h2-47H,1H3. The van der Waals surface area contributed by atoms with E-state index in [4.69, 9.17) is 0 Å². The van der Waals surface area contributed by atoms with Crippen LogP contribution in [0.1, 0.15) is 45.9 Å². The minimum Gasteiger partial charge on any atom is -0.310 e. The van der Waals surface area contributed by atoms with E-state index >= 15 is 0 Å². The first-order valence-corrected chi connectivity index (χ1v) is 25.2. The molecule has 12 aromatic rings. The topological polar surface area (TPSA) is 3.24 Å². The molecule has 0 heterocycles. The van der Waals surface area contributed by atoms with Crippen molar-refractivity contribution in [3.05, 3.63) is 318 Å². The molecule has 338 valence electrons. The third-order valence-corrected chi connectivity index (χ3v) is 16.0. The van der Waals surface area contributed by atoms with E-state index in [0.717, 1.165) is 17.1 Å². The zero-order valence-corrected chi connectivity index (χ0v) is 40.0. The van der Waals surface area contributed by atoms with Crippen molar-refractivity contribution in [2.24, 2.45) is 0 Å². The molecule has 72 heavy (non-hydrogen) atoms. The Balaban J connectivity index is 0.926. The van der Waals surface area contributed by atoms with E-state index in [1.165, 1.54) is 105 Å². The van der Waals surface area contributed by atoms with Gasteiger partial charge in [0.1, 0.15) is 0 Å². The van der Waals surface area contributed by atoms with Crippen LogP contribution in [-0.2, 0) is 10.8 Å². The molecule has 0 N–H and O–H groups in total. The Morgan fingerprint density at radius 3 is 1.49 bits per heavy atom. The van der Waals surface area contributed by atoms with Crippen LogP contribution in [0.2, 0.25) is 0 Å². The quantitative estimate of drug-likeness (QED) is 0.137. The minimum absolute atomic E-state index is 0.309. The molecular weight excluding hydrogens is 867 g/mol. The van der Waals surface area contributed by atoms with Crippen molar-refractivity contribution in [2.45, 2.75) is 17.8 Å². The molecule has 1 atom stereocenters. The summed E-state index contributed by atoms with van der Waals surface area (Å²) in [6.07, 6.45) is 0. The summed E-state index contributed by atoms with van der Waals surface area (Å²) in [4.78, 5) is 2.46. The lowest BCUT2D eigenvalue weighted by Crippen LogP contribution is -2.28. The summed E-state index contributed by atoms with van der Waals surface area (Å²) in [6.45, 7) is 2.40. The smallest absolute Gasteiger partial charge is 0.0713 e. The van der Waals surface area contributed by atoms with Crippen LogP contribution in [0.5, 0.6) is 0 Å². The van der Waals surface area contributed by atoms with Gasteiger partial charge in [0, 0.05) is 22.4 Å². The van der Waals surface area contributed by atoms with E-state index in [-0.39, 0.29) is 5.41 Å². The van der Waals surface area contributed by atoms with Gasteiger partial charge >= 0.3 is 0 Å². The van der Waals surface area contributed by atoms with Gasteiger partial charge in [-0.05, 0) is 149 Å². The molecular formula is C71H49N. The Morgan fingerprint density at radius 1 is 0.278 bits per heavy atom. The second-order valence-corrected chi connectivity index (χ2v) is 19.7. The predicted octanol–water partition coefficient (Wildman–Crippen LogP) is 18.5. The third kappa shape index (κ3) is 6.27. The Bertz CT molecular complexity index is 4000. The highest BCUT2D eigenvalue weighted by Crippen LogP contribution is 2.57. The maximum absolute atomic E-state index is 2.46. The maximum atomic E-state index is 2.46. The molecule has 12 aromatic carbocycles. The van der Waals surface area contributed by atoms with Gasteiger partial charge in [0.05, 0.1) is 11.1 Å². The average Bonchev–Trinajstić information content (AvgIpc) is 3.90. The van der Waals surface area contributed by atoms with Crippen molar-refractivity contribution in [3.8, 4) is 44.5 Å². The van der Waals surface area contributed by atoms with Crippen molar-refractivity contribution in [1.82, 2.24) is 0 Å². The van der Waals surface area contributed by atoms with Gasteiger partial charge in [-0.1, -0.05) is 237 Å². The monoisotopic (exact) mass is 915 g/mol. The second kappa shape index (κ2) is 16.5. The van der Waals surface area contributed by atoms with Gasteiger partial charge in [-0.3, -0.25) is 0 Å². The number of rotatable bonds is 8. The van der Waals surface area contributed by atoms with Crippen molar-refractivity contribution in [3.63, 3.8) is 0 Å². The van der Waals surface area contributed by atoms with Gasteiger partial charge in [0.2, 0.25) is 0 Å². The van der Waals surface area contributed by atoms with Crippen molar-refractivity contribution in [1.29, 1.82) is 0 Å². The van der Waals surface area contributed by atoms with Crippen LogP contribution in [0.15, 0.2) is 279 Å². The number of hydrogen-bond donors (Lipinski definition) is 0. The average molecular weight is 916 g/mol. The van der Waals surface area contributed by atoms with Gasteiger partial charge in [-0.2, -0.15) is 0 Å². The summed E-state index contributed by atoms with van der Waals surface area (Å²) >= 11 is 0. The molecule has 0 saturated carbocycles. The van der Waals surface area contributed by atoms with Crippen molar-refractivity contribution >= 4 is 38.6 Å². The SMILES string of the molecule is CC1(c2ccccc2)c2ccccc2-c2ccc(-c3ccccc3N(c3ccc(-c4ccc5c(c4)C(c4ccccc4)(c4ccccc4)c4ccccc4-5)cc3)c3ccc4c(ccc5ccccc54)c3)cc21. The van der Waals surface area contributed by atoms with Crippen molar-refractivity contribution < 1.29 is 0 Å². The number of hydrogen-bond acceptors (Lipinski definition) is 1. The van der Waals surface area contributed by atoms with Crippen LogP contribution in [-0.4, -0.2) is 0 Å². The highest BCUT2D eigenvalue weighted by molar-refractivity contribution is 6.09. The fraction of sp³-hybridized carbons (Fsp3) is 0.0423. The van der Waals surface area contributed by atoms with E-state index in [2.05, 4.69) is 291 Å². The highest BCUT2D eigenvalue weighted by Gasteiger charge is 2.46. The van der Waals surface area contributed by atoms with E-state index < -0.39 is 5.41 Å². The Morgan fingerprint density at radius 2 is 0.764 bits per heavy atom. The van der Waals surface area contributed by atoms with Gasteiger partial charge in [-0.15, -0.1) is 0 Å². The second-order valence-electron chi connectivity index (χ2n) is 19.7. The molecule has 0 saturated heterocycles. The molecule has 0 bridgehead atoms. The fourth-order valence-electron chi connectivity index (χ4n) is 12.6. The molecule has 2 aliphatic rings. The van der Waals surface area contributed by atoms with Crippen LogP contribution < -0.4 is 4.90 Å². The van der Waals surface area contributed by atoms with Gasteiger partial charge in [0.25, 0.3) is 0 Å².